The zero-order valence-corrected chi connectivity index (χ0v) is 19.3. The van der Waals surface area contributed by atoms with Gasteiger partial charge in [-0.25, -0.2) is 0 Å². The smallest absolute Gasteiger partial charge is 0.221 e. The molecule has 3 rings (SSSR count). The van der Waals surface area contributed by atoms with E-state index in [0.717, 1.165) is 40.2 Å². The van der Waals surface area contributed by atoms with E-state index in [4.69, 9.17) is 0 Å². The molecule has 0 spiro atoms. The monoisotopic (exact) mass is 453 g/mol. The van der Waals surface area contributed by atoms with Crippen LogP contribution in [0.2, 0.25) is 0 Å². The van der Waals surface area contributed by atoms with E-state index in [-0.39, 0.29) is 30.0 Å². The lowest BCUT2D eigenvalue weighted by Gasteiger charge is -2.28. The summed E-state index contributed by atoms with van der Waals surface area (Å²) in [6.07, 6.45) is 3.82. The Morgan fingerprint density at radius 2 is 1.19 bits per heavy atom. The van der Waals surface area contributed by atoms with Gasteiger partial charge in [-0.1, -0.05) is 31.2 Å². The third-order valence-electron chi connectivity index (χ3n) is 4.96. The van der Waals surface area contributed by atoms with Crippen molar-refractivity contribution in [1.82, 2.24) is 4.90 Å². The minimum absolute atomic E-state index is 0. The van der Waals surface area contributed by atoms with Crippen molar-refractivity contribution in [3.8, 4) is 0 Å². The van der Waals surface area contributed by atoms with E-state index in [2.05, 4.69) is 22.5 Å². The van der Waals surface area contributed by atoms with Crippen molar-refractivity contribution in [2.45, 2.75) is 20.8 Å². The lowest BCUT2D eigenvalue weighted by molar-refractivity contribution is -0.115. The third-order valence-corrected chi connectivity index (χ3v) is 4.96. The molecule has 2 aromatic rings. The van der Waals surface area contributed by atoms with Crippen LogP contribution in [0, 0.1) is 0 Å². The highest BCUT2D eigenvalue weighted by Gasteiger charge is 2.25. The number of rotatable bonds is 5. The Kier molecular flexibility index (Phi) is 8.93. The predicted octanol–water partition coefficient (Wildman–Crippen LogP) is 4.40. The Morgan fingerprint density at radius 3 is 1.50 bits per heavy atom. The SMILES string of the molecule is CCN1C/C(=C/c2ccc(NC(C)=O)cc2)C(=O)/C(=C/c2ccc(NC(C)=O)cc2)C1.Cl. The molecule has 0 aliphatic carbocycles. The molecule has 2 amide bonds. The Bertz CT molecular complexity index is 960. The van der Waals surface area contributed by atoms with Gasteiger partial charge in [0.15, 0.2) is 5.78 Å². The molecule has 168 valence electrons. The first-order chi connectivity index (χ1) is 14.8. The van der Waals surface area contributed by atoms with Gasteiger partial charge in [-0.3, -0.25) is 19.3 Å². The first-order valence-electron chi connectivity index (χ1n) is 10.3. The van der Waals surface area contributed by atoms with Gasteiger partial charge in [0.1, 0.15) is 0 Å². The summed E-state index contributed by atoms with van der Waals surface area (Å²) < 4.78 is 0. The van der Waals surface area contributed by atoms with Crippen LogP contribution in [0.3, 0.4) is 0 Å². The van der Waals surface area contributed by atoms with Gasteiger partial charge in [-0.15, -0.1) is 12.4 Å². The summed E-state index contributed by atoms with van der Waals surface area (Å²) in [5.41, 5.74) is 4.75. The fourth-order valence-corrected chi connectivity index (χ4v) is 3.47. The standard InChI is InChI=1S/C25H27N3O3.ClH/c1-4-28-15-21(13-19-5-9-23(10-6-19)26-17(2)29)25(31)22(16-28)14-20-7-11-24(12-8-20)27-18(3)30;/h5-14H,4,15-16H2,1-3H3,(H,26,29)(H,27,30);1H/b21-13-,22-14+;. The molecule has 1 aliphatic heterocycles. The van der Waals surface area contributed by atoms with E-state index in [9.17, 15) is 14.4 Å². The van der Waals surface area contributed by atoms with Crippen LogP contribution in [0.1, 0.15) is 31.9 Å². The normalized spacial score (nSPS) is 16.5. The summed E-state index contributed by atoms with van der Waals surface area (Å²) in [4.78, 5) is 37.7. The summed E-state index contributed by atoms with van der Waals surface area (Å²) >= 11 is 0. The number of benzene rings is 2. The van der Waals surface area contributed by atoms with Crippen molar-refractivity contribution in [3.63, 3.8) is 0 Å². The van der Waals surface area contributed by atoms with Gasteiger partial charge >= 0.3 is 0 Å². The number of hydrogen-bond donors (Lipinski definition) is 2. The fourth-order valence-electron chi connectivity index (χ4n) is 3.47. The zero-order chi connectivity index (χ0) is 22.4. The van der Waals surface area contributed by atoms with Crippen molar-refractivity contribution in [3.05, 3.63) is 70.8 Å². The van der Waals surface area contributed by atoms with Crippen LogP contribution in [0.15, 0.2) is 59.7 Å². The first kappa shape index (κ1) is 25.0. The summed E-state index contributed by atoms with van der Waals surface area (Å²) in [6.45, 7) is 7.05. The average molecular weight is 454 g/mol. The molecule has 1 aliphatic rings. The quantitative estimate of drug-likeness (QED) is 0.658. The number of likely N-dealkylation sites (N-methyl/N-ethyl adjacent to an activating group) is 1. The van der Waals surface area contributed by atoms with Crippen molar-refractivity contribution in [2.24, 2.45) is 0 Å². The van der Waals surface area contributed by atoms with Crippen molar-refractivity contribution in [2.75, 3.05) is 30.3 Å². The third kappa shape index (κ3) is 6.90. The van der Waals surface area contributed by atoms with Crippen LogP contribution in [0.25, 0.3) is 12.2 Å². The highest BCUT2D eigenvalue weighted by molar-refractivity contribution is 6.14. The fraction of sp³-hybridized carbons (Fsp3) is 0.240. The number of carbonyl (C=O) groups excluding carboxylic acids is 3. The molecule has 32 heavy (non-hydrogen) atoms. The molecule has 6 nitrogen and oxygen atoms in total. The number of amides is 2. The molecule has 1 heterocycles. The average Bonchev–Trinajstić information content (AvgIpc) is 2.73. The van der Waals surface area contributed by atoms with E-state index < -0.39 is 0 Å². The van der Waals surface area contributed by atoms with Crippen molar-refractivity contribution in [1.29, 1.82) is 0 Å². The Morgan fingerprint density at radius 1 is 0.812 bits per heavy atom. The minimum Gasteiger partial charge on any atom is -0.326 e. The van der Waals surface area contributed by atoms with E-state index in [1.165, 1.54) is 13.8 Å². The number of carbonyl (C=O) groups is 3. The number of halogens is 1. The Labute approximate surface area is 194 Å². The molecule has 0 radical (unpaired) electrons. The van der Waals surface area contributed by atoms with Crippen LogP contribution in [0.4, 0.5) is 11.4 Å². The van der Waals surface area contributed by atoms with Gasteiger partial charge in [-0.2, -0.15) is 0 Å². The highest BCUT2D eigenvalue weighted by atomic mass is 35.5. The van der Waals surface area contributed by atoms with Gasteiger partial charge in [0.25, 0.3) is 0 Å². The van der Waals surface area contributed by atoms with Crippen molar-refractivity contribution >= 4 is 53.5 Å². The summed E-state index contributed by atoms with van der Waals surface area (Å²) in [5, 5.41) is 5.48. The molecule has 1 fully saturated rings. The molecule has 2 N–H and O–H groups in total. The maximum absolute atomic E-state index is 13.1. The Balaban J connectivity index is 0.00000363. The lowest BCUT2D eigenvalue weighted by Crippen LogP contribution is -2.37. The summed E-state index contributed by atoms with van der Waals surface area (Å²) in [7, 11) is 0. The highest BCUT2D eigenvalue weighted by Crippen LogP contribution is 2.23. The number of Topliss-reactive ketones (excluding diaryl/α,β-unsaturated/α-hetero) is 1. The summed E-state index contributed by atoms with van der Waals surface area (Å²) in [5.74, 6) is -0.194. The van der Waals surface area contributed by atoms with Gasteiger partial charge in [-0.05, 0) is 54.1 Å². The van der Waals surface area contributed by atoms with E-state index in [0.29, 0.717) is 13.1 Å². The van der Waals surface area contributed by atoms with E-state index in [1.54, 1.807) is 0 Å². The maximum atomic E-state index is 13.1. The molecule has 0 unspecified atom stereocenters. The molecule has 1 saturated heterocycles. The van der Waals surface area contributed by atoms with Crippen LogP contribution in [-0.4, -0.2) is 42.1 Å². The predicted molar refractivity (Wildman–Crippen MR) is 132 cm³/mol. The van der Waals surface area contributed by atoms with Crippen LogP contribution in [0.5, 0.6) is 0 Å². The topological polar surface area (TPSA) is 78.5 Å². The molecule has 0 bridgehead atoms. The number of hydrogen-bond acceptors (Lipinski definition) is 4. The second-order valence-electron chi connectivity index (χ2n) is 7.58. The second-order valence-corrected chi connectivity index (χ2v) is 7.58. The molecule has 0 saturated carbocycles. The van der Waals surface area contributed by atoms with Crippen LogP contribution < -0.4 is 10.6 Å². The molecular formula is C25H28ClN3O3. The van der Waals surface area contributed by atoms with Gasteiger partial charge < -0.3 is 10.6 Å². The van der Waals surface area contributed by atoms with Gasteiger partial charge in [0.2, 0.25) is 11.8 Å². The number of nitrogens with zero attached hydrogens (tertiary/aromatic N) is 1. The lowest BCUT2D eigenvalue weighted by atomic mass is 9.94. The molecule has 2 aromatic carbocycles. The molecule has 0 aromatic heterocycles. The number of nitrogens with one attached hydrogen (secondary N) is 2. The van der Waals surface area contributed by atoms with Gasteiger partial charge in [0.05, 0.1) is 0 Å². The van der Waals surface area contributed by atoms with E-state index in [1.807, 2.05) is 60.7 Å². The largest absolute Gasteiger partial charge is 0.326 e. The Hall–Kier alpha value is -3.22. The van der Waals surface area contributed by atoms with Gasteiger partial charge in [0, 0.05) is 49.5 Å². The van der Waals surface area contributed by atoms with Crippen LogP contribution >= 0.6 is 12.4 Å². The zero-order valence-electron chi connectivity index (χ0n) is 18.5. The van der Waals surface area contributed by atoms with E-state index >= 15 is 0 Å². The molecular weight excluding hydrogens is 426 g/mol. The summed E-state index contributed by atoms with van der Waals surface area (Å²) in [6, 6.07) is 14.9. The second kappa shape index (κ2) is 11.4. The first-order valence-corrected chi connectivity index (χ1v) is 10.3. The number of ketones is 1. The molecule has 0 atom stereocenters. The number of likely N-dealkylation sites (tertiary alicyclic amines) is 1. The number of piperidine rings is 1. The maximum Gasteiger partial charge on any atom is 0.221 e. The van der Waals surface area contributed by atoms with Crippen molar-refractivity contribution < 1.29 is 14.4 Å². The number of anilines is 2. The molecule has 7 heteroatoms. The van der Waals surface area contributed by atoms with Crippen LogP contribution in [-0.2, 0) is 14.4 Å². The minimum atomic E-state index is -0.118.